The third kappa shape index (κ3) is 4.38. The predicted octanol–water partition coefficient (Wildman–Crippen LogP) is 4.37. The van der Waals surface area contributed by atoms with Gasteiger partial charge in [-0.1, -0.05) is 48.0 Å². The number of likely N-dealkylation sites (tertiary alicyclic amines) is 1. The van der Waals surface area contributed by atoms with Crippen LogP contribution in [0.15, 0.2) is 48.5 Å². The summed E-state index contributed by atoms with van der Waals surface area (Å²) in [4.78, 5) is 15.4. The van der Waals surface area contributed by atoms with Gasteiger partial charge in [0.2, 0.25) is 5.91 Å². The molecule has 27 heavy (non-hydrogen) atoms. The van der Waals surface area contributed by atoms with Crippen LogP contribution in [0.4, 0.5) is 4.39 Å². The van der Waals surface area contributed by atoms with Gasteiger partial charge in [-0.25, -0.2) is 4.39 Å². The monoisotopic (exact) mass is 368 g/mol. The highest BCUT2D eigenvalue weighted by Crippen LogP contribution is 2.28. The third-order valence-corrected chi connectivity index (χ3v) is 5.61. The Balaban J connectivity index is 1.75. The number of carbonyl (C=O) groups is 1. The zero-order chi connectivity index (χ0) is 19.4. The maximum atomic E-state index is 14.2. The first kappa shape index (κ1) is 19.6. The van der Waals surface area contributed by atoms with E-state index in [1.54, 1.807) is 32.0 Å². The van der Waals surface area contributed by atoms with Crippen LogP contribution in [-0.2, 0) is 10.2 Å². The molecule has 2 aromatic rings. The van der Waals surface area contributed by atoms with Crippen LogP contribution in [0.25, 0.3) is 0 Å². The van der Waals surface area contributed by atoms with Gasteiger partial charge in [-0.3, -0.25) is 9.69 Å². The molecule has 1 amide bonds. The van der Waals surface area contributed by atoms with E-state index in [4.69, 9.17) is 0 Å². The van der Waals surface area contributed by atoms with Gasteiger partial charge >= 0.3 is 0 Å². The number of hydrogen-bond donors (Lipinski definition) is 1. The Morgan fingerprint density at radius 1 is 1.11 bits per heavy atom. The van der Waals surface area contributed by atoms with Gasteiger partial charge in [0, 0.05) is 12.1 Å². The minimum atomic E-state index is -0.922. The summed E-state index contributed by atoms with van der Waals surface area (Å²) in [5, 5.41) is 3.09. The number of nitrogens with zero attached hydrogens (tertiary/aromatic N) is 1. The van der Waals surface area contributed by atoms with E-state index in [2.05, 4.69) is 41.4 Å². The van der Waals surface area contributed by atoms with Crippen LogP contribution in [0.1, 0.15) is 49.4 Å². The van der Waals surface area contributed by atoms with Crippen molar-refractivity contribution in [2.45, 2.75) is 45.1 Å². The quantitative estimate of drug-likeness (QED) is 0.821. The molecule has 1 atom stereocenters. The van der Waals surface area contributed by atoms with E-state index in [1.807, 2.05) is 0 Å². The summed E-state index contributed by atoms with van der Waals surface area (Å²) in [6, 6.07) is 15.2. The lowest BCUT2D eigenvalue weighted by Crippen LogP contribution is -2.44. The Bertz CT molecular complexity index is 779. The van der Waals surface area contributed by atoms with Crippen LogP contribution in [0, 0.1) is 12.7 Å². The average molecular weight is 368 g/mol. The molecule has 1 unspecified atom stereocenters. The highest BCUT2D eigenvalue weighted by molar-refractivity contribution is 5.87. The van der Waals surface area contributed by atoms with Gasteiger partial charge in [0.15, 0.2) is 0 Å². The van der Waals surface area contributed by atoms with Crippen molar-refractivity contribution in [3.8, 4) is 0 Å². The molecule has 0 aliphatic carbocycles. The molecule has 0 aromatic heterocycles. The molecule has 4 heteroatoms. The van der Waals surface area contributed by atoms with E-state index in [0.717, 1.165) is 13.1 Å². The van der Waals surface area contributed by atoms with E-state index in [1.165, 1.54) is 30.0 Å². The summed E-state index contributed by atoms with van der Waals surface area (Å²) < 4.78 is 14.2. The summed E-state index contributed by atoms with van der Waals surface area (Å²) in [5.41, 5.74) is 1.94. The second-order valence-corrected chi connectivity index (χ2v) is 7.98. The first-order valence-corrected chi connectivity index (χ1v) is 9.73. The fourth-order valence-corrected chi connectivity index (χ4v) is 3.80. The van der Waals surface area contributed by atoms with Gasteiger partial charge in [0.1, 0.15) is 5.82 Å². The third-order valence-electron chi connectivity index (χ3n) is 5.61. The molecule has 1 saturated heterocycles. The molecule has 1 N–H and O–H groups in total. The lowest BCUT2D eigenvalue weighted by molar-refractivity contribution is -0.126. The molecule has 0 bridgehead atoms. The maximum absolute atomic E-state index is 14.2. The Kier molecular flexibility index (Phi) is 5.95. The zero-order valence-corrected chi connectivity index (χ0v) is 16.5. The van der Waals surface area contributed by atoms with Crippen molar-refractivity contribution in [3.05, 3.63) is 71.0 Å². The summed E-state index contributed by atoms with van der Waals surface area (Å²) in [5.74, 6) is -0.490. The number of rotatable bonds is 6. The number of aryl methyl sites for hydroxylation is 1. The van der Waals surface area contributed by atoms with Crippen molar-refractivity contribution >= 4 is 5.91 Å². The second-order valence-electron chi connectivity index (χ2n) is 7.98. The maximum Gasteiger partial charge on any atom is 0.230 e. The highest BCUT2D eigenvalue weighted by Gasteiger charge is 2.33. The Labute approximate surface area is 161 Å². The fourth-order valence-electron chi connectivity index (χ4n) is 3.80. The number of carbonyl (C=O) groups excluding carboxylic acids is 1. The summed E-state index contributed by atoms with van der Waals surface area (Å²) in [6.45, 7) is 8.25. The van der Waals surface area contributed by atoms with E-state index >= 15 is 0 Å². The summed E-state index contributed by atoms with van der Waals surface area (Å²) >= 11 is 0. The molecule has 0 saturated carbocycles. The molecule has 1 fully saturated rings. The fraction of sp³-hybridized carbons (Fsp3) is 0.435. The Hall–Kier alpha value is -2.20. The number of halogens is 1. The van der Waals surface area contributed by atoms with Crippen molar-refractivity contribution in [3.63, 3.8) is 0 Å². The van der Waals surface area contributed by atoms with Crippen molar-refractivity contribution < 1.29 is 9.18 Å². The minimum Gasteiger partial charge on any atom is -0.353 e. The van der Waals surface area contributed by atoms with Crippen LogP contribution < -0.4 is 5.32 Å². The largest absolute Gasteiger partial charge is 0.353 e. The Morgan fingerprint density at radius 3 is 2.37 bits per heavy atom. The number of hydrogen-bond acceptors (Lipinski definition) is 2. The minimum absolute atomic E-state index is 0.147. The average Bonchev–Trinajstić information content (AvgIpc) is 3.17. The van der Waals surface area contributed by atoms with Crippen molar-refractivity contribution in [1.29, 1.82) is 0 Å². The topological polar surface area (TPSA) is 32.3 Å². The molecular formula is C23H29FN2O. The van der Waals surface area contributed by atoms with Crippen LogP contribution in [0.2, 0.25) is 0 Å². The van der Waals surface area contributed by atoms with Crippen molar-refractivity contribution in [2.75, 3.05) is 19.6 Å². The molecule has 1 aliphatic rings. The van der Waals surface area contributed by atoms with Crippen LogP contribution >= 0.6 is 0 Å². The van der Waals surface area contributed by atoms with Crippen LogP contribution in [0.3, 0.4) is 0 Å². The molecule has 144 valence electrons. The number of benzene rings is 2. The first-order chi connectivity index (χ1) is 12.9. The molecule has 3 nitrogen and oxygen atoms in total. The Morgan fingerprint density at radius 2 is 1.74 bits per heavy atom. The van der Waals surface area contributed by atoms with Gasteiger partial charge in [0.25, 0.3) is 0 Å². The molecule has 0 spiro atoms. The van der Waals surface area contributed by atoms with Crippen LogP contribution in [-0.4, -0.2) is 30.4 Å². The van der Waals surface area contributed by atoms with Crippen molar-refractivity contribution in [1.82, 2.24) is 10.2 Å². The van der Waals surface area contributed by atoms with Crippen molar-refractivity contribution in [2.24, 2.45) is 0 Å². The summed E-state index contributed by atoms with van der Waals surface area (Å²) in [6.07, 6.45) is 2.38. The number of amides is 1. The molecule has 1 heterocycles. The van der Waals surface area contributed by atoms with Gasteiger partial charge < -0.3 is 5.32 Å². The molecule has 3 rings (SSSR count). The van der Waals surface area contributed by atoms with E-state index in [9.17, 15) is 9.18 Å². The first-order valence-electron chi connectivity index (χ1n) is 9.73. The molecule has 1 aliphatic heterocycles. The summed E-state index contributed by atoms with van der Waals surface area (Å²) in [7, 11) is 0. The van der Waals surface area contributed by atoms with Gasteiger partial charge in [-0.05, 0) is 58.3 Å². The predicted molar refractivity (Wildman–Crippen MR) is 107 cm³/mol. The molecule has 2 aromatic carbocycles. The number of nitrogens with one attached hydrogen (secondary N) is 1. The van der Waals surface area contributed by atoms with E-state index < -0.39 is 5.41 Å². The smallest absolute Gasteiger partial charge is 0.230 e. The second kappa shape index (κ2) is 8.22. The standard InChI is InChI=1S/C23H29FN2O/c1-17-10-12-18(13-11-17)21(26-14-6-7-15-26)16-25-22(27)23(2,3)19-8-4-5-9-20(19)24/h4-5,8-13,21H,6-7,14-16H2,1-3H3,(H,25,27). The lowest BCUT2D eigenvalue weighted by Gasteiger charge is -2.31. The van der Waals surface area contributed by atoms with Gasteiger partial charge in [0.05, 0.1) is 11.5 Å². The molecule has 0 radical (unpaired) electrons. The van der Waals surface area contributed by atoms with Gasteiger partial charge in [-0.15, -0.1) is 0 Å². The van der Waals surface area contributed by atoms with Gasteiger partial charge in [-0.2, -0.15) is 0 Å². The molecular weight excluding hydrogens is 339 g/mol. The lowest BCUT2D eigenvalue weighted by atomic mass is 9.83. The normalized spacial score (nSPS) is 16.3. The van der Waals surface area contributed by atoms with E-state index in [0.29, 0.717) is 12.1 Å². The SMILES string of the molecule is Cc1ccc(C(CNC(=O)C(C)(C)c2ccccc2F)N2CCCC2)cc1. The highest BCUT2D eigenvalue weighted by atomic mass is 19.1. The van der Waals surface area contributed by atoms with E-state index in [-0.39, 0.29) is 17.8 Å². The van der Waals surface area contributed by atoms with Crippen LogP contribution in [0.5, 0.6) is 0 Å². The zero-order valence-electron chi connectivity index (χ0n) is 16.5.